The van der Waals surface area contributed by atoms with Gasteiger partial charge in [-0.2, -0.15) is 0 Å². The van der Waals surface area contributed by atoms with E-state index in [0.29, 0.717) is 0 Å². The minimum absolute atomic E-state index is 0.109. The van der Waals surface area contributed by atoms with Gasteiger partial charge in [0.25, 0.3) is 0 Å². The largest absolute Gasteiger partial charge is 0.419 e. The SMILES string of the molecule is C=COC(=O)N1[C@@H]2CCC=C(c3ccncc3)[C@H]1CC2. The van der Waals surface area contributed by atoms with E-state index >= 15 is 0 Å². The van der Waals surface area contributed by atoms with Crippen molar-refractivity contribution in [2.24, 2.45) is 0 Å². The minimum Gasteiger partial charge on any atom is -0.419 e. The molecule has 3 heterocycles. The van der Waals surface area contributed by atoms with Crippen LogP contribution in [0.1, 0.15) is 31.2 Å². The molecule has 0 unspecified atom stereocenters. The summed E-state index contributed by atoms with van der Waals surface area (Å²) in [6.45, 7) is 3.47. The van der Waals surface area contributed by atoms with E-state index in [1.807, 2.05) is 17.0 Å². The van der Waals surface area contributed by atoms with Crippen LogP contribution >= 0.6 is 0 Å². The molecule has 1 saturated heterocycles. The number of allylic oxidation sites excluding steroid dienone is 1. The number of rotatable bonds is 2. The van der Waals surface area contributed by atoms with Gasteiger partial charge in [0.2, 0.25) is 0 Å². The molecule has 3 rings (SSSR count). The Morgan fingerprint density at radius 1 is 1.35 bits per heavy atom. The summed E-state index contributed by atoms with van der Waals surface area (Å²) in [6.07, 6.45) is 10.8. The number of carbonyl (C=O) groups excluding carboxylic acids is 1. The number of pyridine rings is 1. The van der Waals surface area contributed by atoms with E-state index in [1.54, 1.807) is 12.4 Å². The van der Waals surface area contributed by atoms with Gasteiger partial charge < -0.3 is 4.74 Å². The monoisotopic (exact) mass is 270 g/mol. The molecule has 0 aromatic carbocycles. The number of hydrogen-bond donors (Lipinski definition) is 0. The third-order valence-corrected chi connectivity index (χ3v) is 4.13. The van der Waals surface area contributed by atoms with E-state index in [9.17, 15) is 4.79 Å². The molecule has 1 amide bonds. The molecule has 1 fully saturated rings. The molecule has 4 nitrogen and oxygen atoms in total. The zero-order valence-electron chi connectivity index (χ0n) is 11.4. The van der Waals surface area contributed by atoms with E-state index in [0.717, 1.165) is 31.2 Å². The number of aromatic nitrogens is 1. The van der Waals surface area contributed by atoms with Gasteiger partial charge in [0.05, 0.1) is 12.3 Å². The van der Waals surface area contributed by atoms with Crippen LogP contribution in [0.3, 0.4) is 0 Å². The van der Waals surface area contributed by atoms with Crippen LogP contribution in [0.2, 0.25) is 0 Å². The van der Waals surface area contributed by atoms with Gasteiger partial charge in [-0.25, -0.2) is 4.79 Å². The zero-order valence-corrected chi connectivity index (χ0v) is 11.4. The van der Waals surface area contributed by atoms with Crippen molar-refractivity contribution in [3.63, 3.8) is 0 Å². The second kappa shape index (κ2) is 5.49. The Labute approximate surface area is 118 Å². The van der Waals surface area contributed by atoms with Crippen LogP contribution in [0, 0.1) is 0 Å². The summed E-state index contributed by atoms with van der Waals surface area (Å²) < 4.78 is 5.01. The Morgan fingerprint density at radius 3 is 2.90 bits per heavy atom. The van der Waals surface area contributed by atoms with E-state index in [1.165, 1.54) is 11.8 Å². The molecule has 104 valence electrons. The van der Waals surface area contributed by atoms with Crippen LogP contribution in [0.15, 0.2) is 43.4 Å². The molecule has 1 aromatic rings. The number of ether oxygens (including phenoxy) is 1. The summed E-state index contributed by atoms with van der Waals surface area (Å²) in [7, 11) is 0. The van der Waals surface area contributed by atoms with Crippen molar-refractivity contribution < 1.29 is 9.53 Å². The summed E-state index contributed by atoms with van der Waals surface area (Å²) in [6, 6.07) is 4.39. The Morgan fingerprint density at radius 2 is 2.15 bits per heavy atom. The molecule has 4 heteroatoms. The average Bonchev–Trinajstić information content (AvgIpc) is 2.77. The molecule has 2 bridgehead atoms. The van der Waals surface area contributed by atoms with Gasteiger partial charge in [-0.15, -0.1) is 0 Å². The van der Waals surface area contributed by atoms with Crippen LogP contribution in [0.25, 0.3) is 5.57 Å². The molecular weight excluding hydrogens is 252 g/mol. The number of hydrogen-bond acceptors (Lipinski definition) is 3. The maximum absolute atomic E-state index is 12.2. The standard InChI is InChI=1S/C16H18N2O2/c1-2-20-16(19)18-13-4-3-5-14(15(18)7-6-13)12-8-10-17-11-9-12/h2,5,8-11,13,15H,1,3-4,6-7H2/t13-,15-/m1/s1. The second-order valence-corrected chi connectivity index (χ2v) is 5.18. The van der Waals surface area contributed by atoms with Crippen LogP contribution < -0.4 is 0 Å². The first-order chi connectivity index (χ1) is 9.81. The van der Waals surface area contributed by atoms with Crippen molar-refractivity contribution in [3.8, 4) is 0 Å². The number of nitrogens with zero attached hydrogens (tertiary/aromatic N) is 2. The van der Waals surface area contributed by atoms with Crippen molar-refractivity contribution in [3.05, 3.63) is 49.0 Å². The van der Waals surface area contributed by atoms with E-state index in [2.05, 4.69) is 17.6 Å². The molecule has 2 aliphatic heterocycles. The van der Waals surface area contributed by atoms with Crippen LogP contribution in [0.5, 0.6) is 0 Å². The highest BCUT2D eigenvalue weighted by Crippen LogP contribution is 2.39. The zero-order chi connectivity index (χ0) is 13.9. The number of fused-ring (bicyclic) bond motifs is 2. The molecule has 0 radical (unpaired) electrons. The van der Waals surface area contributed by atoms with Gasteiger partial charge >= 0.3 is 6.09 Å². The van der Waals surface area contributed by atoms with E-state index in [-0.39, 0.29) is 18.2 Å². The van der Waals surface area contributed by atoms with Crippen molar-refractivity contribution >= 4 is 11.7 Å². The molecule has 0 N–H and O–H groups in total. The van der Waals surface area contributed by atoms with Gasteiger partial charge in [0, 0.05) is 18.4 Å². The van der Waals surface area contributed by atoms with Gasteiger partial charge in [0.1, 0.15) is 0 Å². The van der Waals surface area contributed by atoms with Crippen molar-refractivity contribution in [1.82, 2.24) is 9.88 Å². The van der Waals surface area contributed by atoms with Crippen LogP contribution in [0.4, 0.5) is 4.79 Å². The fourth-order valence-corrected chi connectivity index (χ4v) is 3.30. The highest BCUT2D eigenvalue weighted by Gasteiger charge is 2.40. The molecule has 0 spiro atoms. The summed E-state index contributed by atoms with van der Waals surface area (Å²) in [5.74, 6) is 0. The Balaban J connectivity index is 1.94. The van der Waals surface area contributed by atoms with Crippen molar-refractivity contribution in [2.45, 2.75) is 37.8 Å². The van der Waals surface area contributed by atoms with Gasteiger partial charge in [-0.3, -0.25) is 9.88 Å². The average molecular weight is 270 g/mol. The predicted molar refractivity (Wildman–Crippen MR) is 76.8 cm³/mol. The van der Waals surface area contributed by atoms with Crippen LogP contribution in [-0.2, 0) is 4.74 Å². The third-order valence-electron chi connectivity index (χ3n) is 4.13. The highest BCUT2D eigenvalue weighted by molar-refractivity contribution is 5.78. The van der Waals surface area contributed by atoms with E-state index in [4.69, 9.17) is 4.74 Å². The minimum atomic E-state index is -0.283. The second-order valence-electron chi connectivity index (χ2n) is 5.18. The quantitative estimate of drug-likeness (QED) is 0.774. The van der Waals surface area contributed by atoms with E-state index < -0.39 is 0 Å². The first kappa shape index (κ1) is 12.9. The van der Waals surface area contributed by atoms with Crippen LogP contribution in [-0.4, -0.2) is 28.1 Å². The number of carbonyl (C=O) groups is 1. The van der Waals surface area contributed by atoms with Gasteiger partial charge in [-0.1, -0.05) is 12.7 Å². The fourth-order valence-electron chi connectivity index (χ4n) is 3.30. The fraction of sp³-hybridized carbons (Fsp3) is 0.375. The van der Waals surface area contributed by atoms with Crippen molar-refractivity contribution in [1.29, 1.82) is 0 Å². The molecule has 2 atom stereocenters. The molecular formula is C16H18N2O2. The van der Waals surface area contributed by atoms with Gasteiger partial charge in [-0.05, 0) is 49.0 Å². The lowest BCUT2D eigenvalue weighted by Crippen LogP contribution is -2.40. The Bertz CT molecular complexity index is 539. The smallest absolute Gasteiger partial charge is 0.415 e. The van der Waals surface area contributed by atoms with Crippen molar-refractivity contribution in [2.75, 3.05) is 0 Å². The summed E-state index contributed by atoms with van der Waals surface area (Å²) in [5.41, 5.74) is 2.36. The third kappa shape index (κ3) is 2.22. The van der Waals surface area contributed by atoms with Gasteiger partial charge in [0.15, 0.2) is 0 Å². The molecule has 1 aromatic heterocycles. The summed E-state index contributed by atoms with van der Waals surface area (Å²) in [4.78, 5) is 18.1. The molecule has 0 saturated carbocycles. The lowest BCUT2D eigenvalue weighted by Gasteiger charge is -2.28. The maximum Gasteiger partial charge on any atom is 0.415 e. The maximum atomic E-state index is 12.2. The first-order valence-electron chi connectivity index (χ1n) is 7.01. The topological polar surface area (TPSA) is 42.4 Å². The predicted octanol–water partition coefficient (Wildman–Crippen LogP) is 3.37. The number of amides is 1. The lowest BCUT2D eigenvalue weighted by molar-refractivity contribution is 0.123. The summed E-state index contributed by atoms with van der Waals surface area (Å²) in [5, 5.41) is 0. The lowest BCUT2D eigenvalue weighted by atomic mass is 9.95. The first-order valence-corrected chi connectivity index (χ1v) is 7.01. The normalized spacial score (nSPS) is 24.8. The Kier molecular flexibility index (Phi) is 3.54. The summed E-state index contributed by atoms with van der Waals surface area (Å²) >= 11 is 0. The highest BCUT2D eigenvalue weighted by atomic mass is 16.5. The molecule has 2 aliphatic rings. The Hall–Kier alpha value is -2.10. The molecule has 0 aliphatic carbocycles. The molecule has 20 heavy (non-hydrogen) atoms.